The SMILES string of the molecule is CCCOc1ccc(/C=N\NC(=O)Nc2sc3c(c2C(=O)OCC)CCC(C)C3)cc1OC. The fraction of sp³-hybridized carbons (Fsp3) is 0.458. The highest BCUT2D eigenvalue weighted by atomic mass is 32.1. The van der Waals surface area contributed by atoms with Crippen molar-refractivity contribution in [3.8, 4) is 11.5 Å². The van der Waals surface area contributed by atoms with Crippen LogP contribution in [-0.2, 0) is 17.6 Å². The van der Waals surface area contributed by atoms with Crippen LogP contribution in [0.15, 0.2) is 23.3 Å². The highest BCUT2D eigenvalue weighted by Crippen LogP contribution is 2.40. The van der Waals surface area contributed by atoms with E-state index in [0.29, 0.717) is 34.6 Å². The summed E-state index contributed by atoms with van der Waals surface area (Å²) in [6.45, 7) is 6.88. The maximum atomic E-state index is 12.6. The highest BCUT2D eigenvalue weighted by Gasteiger charge is 2.29. The van der Waals surface area contributed by atoms with Gasteiger partial charge in [0, 0.05) is 4.88 Å². The molecule has 1 heterocycles. The number of rotatable bonds is 9. The number of hydrogen-bond acceptors (Lipinski definition) is 7. The maximum Gasteiger partial charge on any atom is 0.341 e. The van der Waals surface area contributed by atoms with Crippen molar-refractivity contribution in [3.63, 3.8) is 0 Å². The van der Waals surface area contributed by atoms with Gasteiger partial charge in [-0.2, -0.15) is 5.10 Å². The average molecular weight is 474 g/mol. The van der Waals surface area contributed by atoms with Crippen LogP contribution in [0.3, 0.4) is 0 Å². The van der Waals surface area contributed by atoms with Crippen molar-refractivity contribution in [2.24, 2.45) is 11.0 Å². The van der Waals surface area contributed by atoms with Crippen molar-refractivity contribution in [2.75, 3.05) is 25.6 Å². The number of carbonyl (C=O) groups excluding carboxylic acids is 2. The maximum absolute atomic E-state index is 12.6. The van der Waals surface area contributed by atoms with Gasteiger partial charge < -0.3 is 14.2 Å². The van der Waals surface area contributed by atoms with Gasteiger partial charge in [0.15, 0.2) is 11.5 Å². The summed E-state index contributed by atoms with van der Waals surface area (Å²) in [4.78, 5) is 26.2. The molecule has 0 radical (unpaired) electrons. The number of carbonyl (C=O) groups is 2. The fourth-order valence-electron chi connectivity index (χ4n) is 3.65. The van der Waals surface area contributed by atoms with Crippen LogP contribution in [0.5, 0.6) is 11.5 Å². The molecule has 0 fully saturated rings. The van der Waals surface area contributed by atoms with Crippen molar-refractivity contribution in [3.05, 3.63) is 39.8 Å². The third kappa shape index (κ3) is 6.25. The number of anilines is 1. The van der Waals surface area contributed by atoms with E-state index in [-0.39, 0.29) is 6.61 Å². The molecule has 1 aromatic carbocycles. The minimum Gasteiger partial charge on any atom is -0.493 e. The predicted molar refractivity (Wildman–Crippen MR) is 130 cm³/mol. The van der Waals surface area contributed by atoms with Crippen LogP contribution < -0.4 is 20.2 Å². The predicted octanol–water partition coefficient (Wildman–Crippen LogP) is 5.00. The van der Waals surface area contributed by atoms with Crippen LogP contribution in [0.4, 0.5) is 9.80 Å². The fourth-order valence-corrected chi connectivity index (χ4v) is 5.04. The number of esters is 1. The van der Waals surface area contributed by atoms with Crippen molar-refractivity contribution in [1.82, 2.24) is 5.43 Å². The molecule has 0 aliphatic heterocycles. The first-order chi connectivity index (χ1) is 16.0. The Labute approximate surface area is 198 Å². The van der Waals surface area contributed by atoms with Crippen molar-refractivity contribution >= 4 is 34.6 Å². The minimum atomic E-state index is -0.529. The Morgan fingerprint density at radius 1 is 1.27 bits per heavy atom. The molecular weight excluding hydrogens is 442 g/mol. The van der Waals surface area contributed by atoms with Crippen LogP contribution >= 0.6 is 11.3 Å². The zero-order valence-corrected chi connectivity index (χ0v) is 20.3. The molecule has 2 aromatic rings. The van der Waals surface area contributed by atoms with Crippen LogP contribution in [-0.4, -0.2) is 38.5 Å². The van der Waals surface area contributed by atoms with E-state index in [9.17, 15) is 9.59 Å². The smallest absolute Gasteiger partial charge is 0.341 e. The minimum absolute atomic E-state index is 0.279. The molecule has 0 bridgehead atoms. The molecule has 3 rings (SSSR count). The molecule has 33 heavy (non-hydrogen) atoms. The Balaban J connectivity index is 1.68. The number of hydrogen-bond donors (Lipinski definition) is 2. The van der Waals surface area contributed by atoms with Crippen LogP contribution in [0, 0.1) is 5.92 Å². The molecule has 0 saturated carbocycles. The molecule has 0 spiro atoms. The summed E-state index contributed by atoms with van der Waals surface area (Å²) >= 11 is 1.44. The number of methoxy groups -OCH3 is 1. The summed E-state index contributed by atoms with van der Waals surface area (Å²) < 4.78 is 16.2. The number of nitrogens with one attached hydrogen (secondary N) is 2. The lowest BCUT2D eigenvalue weighted by Gasteiger charge is -2.18. The number of ether oxygens (including phenoxy) is 3. The lowest BCUT2D eigenvalue weighted by Crippen LogP contribution is -2.25. The van der Waals surface area contributed by atoms with Crippen LogP contribution in [0.1, 0.15) is 60.0 Å². The summed E-state index contributed by atoms with van der Waals surface area (Å²) in [6.07, 6.45) is 5.13. The number of thiophene rings is 1. The number of urea groups is 1. The molecule has 9 heteroatoms. The van der Waals surface area contributed by atoms with Gasteiger partial charge >= 0.3 is 12.0 Å². The monoisotopic (exact) mass is 473 g/mol. The van der Waals surface area contributed by atoms with Crippen molar-refractivity contribution in [1.29, 1.82) is 0 Å². The van der Waals surface area contributed by atoms with E-state index in [1.807, 2.05) is 13.0 Å². The quantitative estimate of drug-likeness (QED) is 0.303. The lowest BCUT2D eigenvalue weighted by atomic mass is 9.88. The van der Waals surface area contributed by atoms with Crippen molar-refractivity contribution < 1.29 is 23.8 Å². The molecule has 178 valence electrons. The Bertz CT molecular complexity index is 1020. The van der Waals surface area contributed by atoms with Gasteiger partial charge in [-0.1, -0.05) is 13.8 Å². The third-order valence-corrected chi connectivity index (χ3v) is 6.42. The molecule has 1 unspecified atom stereocenters. The van der Waals surface area contributed by atoms with E-state index < -0.39 is 12.0 Å². The second-order valence-electron chi connectivity index (χ2n) is 7.86. The molecule has 0 saturated heterocycles. The topological polar surface area (TPSA) is 98.2 Å². The van der Waals surface area contributed by atoms with Gasteiger partial charge in [-0.25, -0.2) is 15.0 Å². The number of nitrogens with zero attached hydrogens (tertiary/aromatic N) is 1. The largest absolute Gasteiger partial charge is 0.493 e. The number of benzene rings is 1. The molecule has 1 aromatic heterocycles. The molecule has 1 atom stereocenters. The van der Waals surface area contributed by atoms with E-state index in [0.717, 1.165) is 41.7 Å². The molecule has 2 N–H and O–H groups in total. The second-order valence-corrected chi connectivity index (χ2v) is 8.96. The van der Waals surface area contributed by atoms with Crippen molar-refractivity contribution in [2.45, 2.75) is 46.5 Å². The first kappa shape index (κ1) is 24.6. The van der Waals surface area contributed by atoms with E-state index in [1.165, 1.54) is 17.6 Å². The van der Waals surface area contributed by atoms with Gasteiger partial charge in [0.25, 0.3) is 0 Å². The first-order valence-electron chi connectivity index (χ1n) is 11.2. The van der Waals surface area contributed by atoms with Gasteiger partial charge in [0.2, 0.25) is 0 Å². The van der Waals surface area contributed by atoms with Crippen LogP contribution in [0.25, 0.3) is 0 Å². The first-order valence-corrected chi connectivity index (χ1v) is 12.0. The average Bonchev–Trinajstić information content (AvgIpc) is 3.14. The molecule has 2 amide bonds. The normalized spacial score (nSPS) is 15.1. The van der Waals surface area contributed by atoms with Gasteiger partial charge in [-0.3, -0.25) is 5.32 Å². The van der Waals surface area contributed by atoms with E-state index in [2.05, 4.69) is 22.8 Å². The van der Waals surface area contributed by atoms with Gasteiger partial charge in [-0.05, 0) is 67.9 Å². The second kappa shape index (κ2) is 11.7. The van der Waals surface area contributed by atoms with E-state index in [4.69, 9.17) is 14.2 Å². The standard InChI is InChI=1S/C24H31N3O5S/c1-5-11-32-18-10-8-16(13-19(18)30-4)14-25-27-24(29)26-22-21(23(28)31-6-2)17-9-7-15(3)12-20(17)33-22/h8,10,13-15H,5-7,9,11-12H2,1-4H3,(H2,26,27,29)/b25-14-. The Morgan fingerprint density at radius 3 is 2.82 bits per heavy atom. The zero-order chi connectivity index (χ0) is 23.8. The van der Waals surface area contributed by atoms with Crippen LogP contribution in [0.2, 0.25) is 0 Å². The summed E-state index contributed by atoms with van der Waals surface area (Å²) in [5.74, 6) is 1.40. The Morgan fingerprint density at radius 2 is 2.09 bits per heavy atom. The summed E-state index contributed by atoms with van der Waals surface area (Å²) in [7, 11) is 1.57. The van der Waals surface area contributed by atoms with E-state index in [1.54, 1.807) is 26.2 Å². The summed E-state index contributed by atoms with van der Waals surface area (Å²) in [6, 6.07) is 4.88. The van der Waals surface area contributed by atoms with Gasteiger partial charge in [0.05, 0.1) is 32.1 Å². The third-order valence-electron chi connectivity index (χ3n) is 5.25. The summed E-state index contributed by atoms with van der Waals surface area (Å²) in [5, 5.41) is 7.29. The van der Waals surface area contributed by atoms with Gasteiger partial charge in [0.1, 0.15) is 5.00 Å². The lowest BCUT2D eigenvalue weighted by molar-refractivity contribution is 0.0526. The highest BCUT2D eigenvalue weighted by molar-refractivity contribution is 7.17. The number of amides is 2. The number of fused-ring (bicyclic) bond motifs is 1. The molecule has 8 nitrogen and oxygen atoms in total. The Kier molecular flexibility index (Phi) is 8.71. The number of hydrazone groups is 1. The molecular formula is C24H31N3O5S. The Hall–Kier alpha value is -3.07. The molecule has 1 aliphatic rings. The van der Waals surface area contributed by atoms with E-state index >= 15 is 0 Å². The van der Waals surface area contributed by atoms with Gasteiger partial charge in [-0.15, -0.1) is 11.3 Å². The zero-order valence-electron chi connectivity index (χ0n) is 19.5. The summed E-state index contributed by atoms with van der Waals surface area (Å²) in [5.41, 5.74) is 4.66. The molecule has 1 aliphatic carbocycles.